The minimum Gasteiger partial charge on any atom is -0.508 e. The highest BCUT2D eigenvalue weighted by Gasteiger charge is 2.18. The highest BCUT2D eigenvalue weighted by molar-refractivity contribution is 6.39. The molecule has 0 spiro atoms. The Balaban J connectivity index is 1.94. The summed E-state index contributed by atoms with van der Waals surface area (Å²) >= 11 is 0. The number of carbonyl (C=O) groups is 2. The van der Waals surface area contributed by atoms with Gasteiger partial charge in [0.2, 0.25) is 0 Å². The normalized spacial score (nSPS) is 10.0. The smallest absolute Gasteiger partial charge is 0.313 e. The van der Waals surface area contributed by atoms with Crippen molar-refractivity contribution in [1.82, 2.24) is 5.32 Å². The van der Waals surface area contributed by atoms with Crippen molar-refractivity contribution in [3.63, 3.8) is 0 Å². The first kappa shape index (κ1) is 18.7. The number of nitro benzene ring substituents is 1. The number of amides is 2. The van der Waals surface area contributed by atoms with Crippen LogP contribution in [0.1, 0.15) is 5.56 Å². The van der Waals surface area contributed by atoms with Gasteiger partial charge in [-0.15, -0.1) is 0 Å². The SMILES string of the molecule is COc1ccc([N+](=O)[O-])cc1NC(=O)C(=O)NCCc1ccc(O)cc1. The molecule has 0 unspecified atom stereocenters. The molecule has 0 aliphatic heterocycles. The molecule has 2 aromatic carbocycles. The summed E-state index contributed by atoms with van der Waals surface area (Å²) < 4.78 is 5.02. The fourth-order valence-electron chi connectivity index (χ4n) is 2.15. The Kier molecular flexibility index (Phi) is 6.10. The van der Waals surface area contributed by atoms with E-state index in [2.05, 4.69) is 10.6 Å². The van der Waals surface area contributed by atoms with E-state index in [-0.39, 0.29) is 29.4 Å². The molecule has 0 saturated carbocycles. The van der Waals surface area contributed by atoms with Crippen molar-refractivity contribution in [1.29, 1.82) is 0 Å². The third kappa shape index (κ3) is 4.94. The maximum absolute atomic E-state index is 12.0. The van der Waals surface area contributed by atoms with Crippen molar-refractivity contribution >= 4 is 23.2 Å². The quantitative estimate of drug-likeness (QED) is 0.408. The zero-order valence-corrected chi connectivity index (χ0v) is 13.9. The highest BCUT2D eigenvalue weighted by Crippen LogP contribution is 2.28. The van der Waals surface area contributed by atoms with Gasteiger partial charge in [0.05, 0.1) is 17.7 Å². The van der Waals surface area contributed by atoms with Crippen LogP contribution in [0.2, 0.25) is 0 Å². The number of nitrogens with one attached hydrogen (secondary N) is 2. The number of carbonyl (C=O) groups excluding carboxylic acids is 2. The number of benzene rings is 2. The molecule has 0 radical (unpaired) electrons. The van der Waals surface area contributed by atoms with Crippen LogP contribution in [0, 0.1) is 10.1 Å². The van der Waals surface area contributed by atoms with Crippen molar-refractivity contribution in [2.45, 2.75) is 6.42 Å². The lowest BCUT2D eigenvalue weighted by molar-refractivity contribution is -0.384. The monoisotopic (exact) mass is 359 g/mol. The van der Waals surface area contributed by atoms with Crippen LogP contribution in [-0.2, 0) is 16.0 Å². The van der Waals surface area contributed by atoms with E-state index in [0.717, 1.165) is 11.6 Å². The van der Waals surface area contributed by atoms with E-state index in [0.29, 0.717) is 6.42 Å². The van der Waals surface area contributed by atoms with Crippen LogP contribution < -0.4 is 15.4 Å². The van der Waals surface area contributed by atoms with E-state index in [1.807, 2.05) is 0 Å². The molecular weight excluding hydrogens is 342 g/mol. The molecule has 0 aliphatic rings. The number of rotatable bonds is 6. The molecule has 0 heterocycles. The summed E-state index contributed by atoms with van der Waals surface area (Å²) in [5, 5.41) is 24.8. The number of non-ortho nitro benzene ring substituents is 1. The molecule has 136 valence electrons. The van der Waals surface area contributed by atoms with Crippen molar-refractivity contribution in [2.24, 2.45) is 0 Å². The maximum atomic E-state index is 12.0. The molecule has 0 atom stereocenters. The number of phenols is 1. The van der Waals surface area contributed by atoms with Crippen LogP contribution in [-0.4, -0.2) is 35.5 Å². The van der Waals surface area contributed by atoms with E-state index < -0.39 is 16.7 Å². The molecule has 2 amide bonds. The van der Waals surface area contributed by atoms with E-state index in [9.17, 15) is 24.8 Å². The van der Waals surface area contributed by atoms with Crippen LogP contribution in [0.25, 0.3) is 0 Å². The number of ether oxygens (including phenoxy) is 1. The number of phenolic OH excluding ortho intramolecular Hbond substituents is 1. The number of aromatic hydroxyl groups is 1. The summed E-state index contributed by atoms with van der Waals surface area (Å²) in [6, 6.07) is 10.1. The van der Waals surface area contributed by atoms with Crippen LogP contribution in [0.3, 0.4) is 0 Å². The lowest BCUT2D eigenvalue weighted by atomic mass is 10.1. The molecule has 9 nitrogen and oxygen atoms in total. The molecular formula is C17H17N3O6. The van der Waals surface area contributed by atoms with E-state index in [1.165, 1.54) is 31.4 Å². The standard InChI is InChI=1S/C17H17N3O6/c1-26-15-7-4-12(20(24)25)10-14(15)19-17(23)16(22)18-9-8-11-2-5-13(21)6-3-11/h2-7,10,21H,8-9H2,1H3,(H,18,22)(H,19,23). The number of nitro groups is 1. The van der Waals surface area contributed by atoms with Crippen molar-refractivity contribution in [3.8, 4) is 11.5 Å². The molecule has 0 saturated heterocycles. The summed E-state index contributed by atoms with van der Waals surface area (Å²) in [4.78, 5) is 34.0. The summed E-state index contributed by atoms with van der Waals surface area (Å²) in [5.74, 6) is -1.50. The average molecular weight is 359 g/mol. The van der Waals surface area contributed by atoms with Gasteiger partial charge >= 0.3 is 11.8 Å². The Bertz CT molecular complexity index is 820. The van der Waals surface area contributed by atoms with Gasteiger partial charge in [-0.3, -0.25) is 19.7 Å². The van der Waals surface area contributed by atoms with Crippen molar-refractivity contribution < 1.29 is 24.4 Å². The van der Waals surface area contributed by atoms with Gasteiger partial charge in [-0.05, 0) is 30.2 Å². The summed E-state index contributed by atoms with van der Waals surface area (Å²) in [6.45, 7) is 0.211. The first-order chi connectivity index (χ1) is 12.4. The second kappa shape index (κ2) is 8.47. The molecule has 0 aromatic heterocycles. The first-order valence-electron chi connectivity index (χ1n) is 7.60. The molecule has 3 N–H and O–H groups in total. The third-order valence-electron chi connectivity index (χ3n) is 3.48. The Labute approximate surface area is 148 Å². The van der Waals surface area contributed by atoms with Gasteiger partial charge in [0.15, 0.2) is 0 Å². The van der Waals surface area contributed by atoms with E-state index in [1.54, 1.807) is 12.1 Å². The highest BCUT2D eigenvalue weighted by atomic mass is 16.6. The zero-order chi connectivity index (χ0) is 19.1. The third-order valence-corrected chi connectivity index (χ3v) is 3.48. The molecule has 26 heavy (non-hydrogen) atoms. The van der Waals surface area contributed by atoms with E-state index in [4.69, 9.17) is 4.74 Å². The lowest BCUT2D eigenvalue weighted by Gasteiger charge is -2.10. The van der Waals surface area contributed by atoms with Gasteiger partial charge in [-0.2, -0.15) is 0 Å². The number of nitrogens with zero attached hydrogens (tertiary/aromatic N) is 1. The van der Waals surface area contributed by atoms with Gasteiger partial charge in [-0.1, -0.05) is 12.1 Å². The second-order valence-electron chi connectivity index (χ2n) is 5.27. The minimum atomic E-state index is -0.963. The van der Waals surface area contributed by atoms with Crippen LogP contribution in [0.4, 0.5) is 11.4 Å². The number of anilines is 1. The van der Waals surface area contributed by atoms with Crippen molar-refractivity contribution in [2.75, 3.05) is 19.0 Å². The van der Waals surface area contributed by atoms with Gasteiger partial charge in [0, 0.05) is 18.7 Å². The first-order valence-corrected chi connectivity index (χ1v) is 7.60. The fourth-order valence-corrected chi connectivity index (χ4v) is 2.15. The molecule has 2 rings (SSSR count). The molecule has 0 fully saturated rings. The Morgan fingerprint density at radius 1 is 1.15 bits per heavy atom. The largest absolute Gasteiger partial charge is 0.508 e. The summed E-state index contributed by atoms with van der Waals surface area (Å²) in [6.07, 6.45) is 0.472. The van der Waals surface area contributed by atoms with Gasteiger partial charge in [0.1, 0.15) is 11.5 Å². The Morgan fingerprint density at radius 2 is 1.85 bits per heavy atom. The minimum absolute atomic E-state index is 0.0281. The number of methoxy groups -OCH3 is 1. The number of hydrogen-bond acceptors (Lipinski definition) is 6. The van der Waals surface area contributed by atoms with E-state index >= 15 is 0 Å². The second-order valence-corrected chi connectivity index (χ2v) is 5.27. The predicted molar refractivity (Wildman–Crippen MR) is 93.1 cm³/mol. The molecule has 0 aliphatic carbocycles. The van der Waals surface area contributed by atoms with Gasteiger partial charge in [0.25, 0.3) is 5.69 Å². The predicted octanol–water partition coefficient (Wildman–Crippen LogP) is 1.61. The summed E-state index contributed by atoms with van der Waals surface area (Å²) in [7, 11) is 1.34. The van der Waals surface area contributed by atoms with Gasteiger partial charge in [-0.25, -0.2) is 0 Å². The molecule has 2 aromatic rings. The summed E-state index contributed by atoms with van der Waals surface area (Å²) in [5.41, 5.74) is 0.665. The van der Waals surface area contributed by atoms with Gasteiger partial charge < -0.3 is 20.5 Å². The molecule has 0 bridgehead atoms. The fraction of sp³-hybridized carbons (Fsp3) is 0.176. The zero-order valence-electron chi connectivity index (χ0n) is 13.9. The van der Waals surface area contributed by atoms with Crippen molar-refractivity contribution in [3.05, 3.63) is 58.1 Å². The molecule has 9 heteroatoms. The van der Waals surface area contributed by atoms with Crippen LogP contribution >= 0.6 is 0 Å². The average Bonchev–Trinajstić information content (AvgIpc) is 2.63. The van der Waals surface area contributed by atoms with Crippen LogP contribution in [0.15, 0.2) is 42.5 Å². The Morgan fingerprint density at radius 3 is 2.46 bits per heavy atom. The topological polar surface area (TPSA) is 131 Å². The number of hydrogen-bond donors (Lipinski definition) is 3. The Hall–Kier alpha value is -3.62. The maximum Gasteiger partial charge on any atom is 0.313 e. The lowest BCUT2D eigenvalue weighted by Crippen LogP contribution is -2.36. The van der Waals surface area contributed by atoms with Crippen LogP contribution in [0.5, 0.6) is 11.5 Å².